The summed E-state index contributed by atoms with van der Waals surface area (Å²) in [5, 5.41) is 1.21. The zero-order valence-electron chi connectivity index (χ0n) is 14.4. The summed E-state index contributed by atoms with van der Waals surface area (Å²) in [6, 6.07) is 11.1. The van der Waals surface area contributed by atoms with Gasteiger partial charge in [0.2, 0.25) is 5.91 Å². The number of carbonyl (C=O) groups excluding carboxylic acids is 1. The van der Waals surface area contributed by atoms with Crippen LogP contribution < -0.4 is 0 Å². The van der Waals surface area contributed by atoms with Crippen molar-refractivity contribution in [2.24, 2.45) is 0 Å². The molecule has 2 heterocycles. The van der Waals surface area contributed by atoms with Crippen molar-refractivity contribution in [3.05, 3.63) is 71.4 Å². The molecule has 0 N–H and O–H groups in total. The number of hydrogen-bond acceptors (Lipinski definition) is 5. The van der Waals surface area contributed by atoms with Crippen LogP contribution in [0, 0.1) is 0 Å². The second-order valence-electron chi connectivity index (χ2n) is 6.13. The van der Waals surface area contributed by atoms with Gasteiger partial charge in [0.1, 0.15) is 0 Å². The van der Waals surface area contributed by atoms with Crippen LogP contribution in [0.2, 0.25) is 0 Å². The third-order valence-corrected chi connectivity index (χ3v) is 6.37. The fourth-order valence-electron chi connectivity index (χ4n) is 2.85. The number of nitrogens with zero attached hydrogens (tertiary/aromatic N) is 2. The Bertz CT molecular complexity index is 894. The van der Waals surface area contributed by atoms with Gasteiger partial charge in [0, 0.05) is 29.2 Å². The summed E-state index contributed by atoms with van der Waals surface area (Å²) in [6.07, 6.45) is 7.18. The van der Waals surface area contributed by atoms with Crippen LogP contribution in [0.5, 0.6) is 0 Å². The number of sulfone groups is 1. The summed E-state index contributed by atoms with van der Waals surface area (Å²) in [6.45, 7) is 0.356. The molecule has 1 atom stereocenters. The first-order valence-electron chi connectivity index (χ1n) is 8.19. The van der Waals surface area contributed by atoms with Crippen molar-refractivity contribution in [1.82, 2.24) is 9.88 Å². The van der Waals surface area contributed by atoms with Crippen LogP contribution in [-0.4, -0.2) is 42.3 Å². The molecule has 7 heteroatoms. The Balaban J connectivity index is 1.79. The monoisotopic (exact) mass is 388 g/mol. The Kier molecular flexibility index (Phi) is 5.78. The second kappa shape index (κ2) is 8.05. The van der Waals surface area contributed by atoms with E-state index in [0.717, 1.165) is 16.0 Å². The number of hydrogen-bond donors (Lipinski definition) is 0. The molecule has 3 rings (SSSR count). The number of thioether (sulfide) groups is 1. The molecule has 1 aliphatic heterocycles. The lowest BCUT2D eigenvalue weighted by Crippen LogP contribution is -2.41. The maximum atomic E-state index is 12.9. The molecule has 0 saturated heterocycles. The molecule has 1 unspecified atom stereocenters. The molecular formula is C19H20N2O3S2. The van der Waals surface area contributed by atoms with Crippen molar-refractivity contribution in [3.8, 4) is 0 Å². The Morgan fingerprint density at radius 3 is 2.42 bits per heavy atom. The van der Waals surface area contributed by atoms with Crippen molar-refractivity contribution in [3.63, 3.8) is 0 Å². The van der Waals surface area contributed by atoms with Crippen molar-refractivity contribution in [2.75, 3.05) is 12.0 Å². The first kappa shape index (κ1) is 18.7. The molecule has 0 bridgehead atoms. The van der Waals surface area contributed by atoms with E-state index in [1.165, 1.54) is 5.41 Å². The van der Waals surface area contributed by atoms with E-state index in [0.29, 0.717) is 6.54 Å². The molecule has 1 aromatic carbocycles. The van der Waals surface area contributed by atoms with Crippen LogP contribution in [0.4, 0.5) is 0 Å². The van der Waals surface area contributed by atoms with Gasteiger partial charge in [-0.1, -0.05) is 12.1 Å². The third-order valence-electron chi connectivity index (χ3n) is 4.25. The predicted molar refractivity (Wildman–Crippen MR) is 103 cm³/mol. The highest BCUT2D eigenvalue weighted by molar-refractivity contribution is 7.98. The quantitative estimate of drug-likeness (QED) is 0.712. The van der Waals surface area contributed by atoms with Crippen molar-refractivity contribution in [1.29, 1.82) is 0 Å². The molecule has 1 aliphatic rings. The Morgan fingerprint density at radius 2 is 1.85 bits per heavy atom. The van der Waals surface area contributed by atoms with Crippen LogP contribution in [0.3, 0.4) is 0 Å². The average molecular weight is 389 g/mol. The molecule has 136 valence electrons. The molecule has 0 radical (unpaired) electrons. The molecule has 2 aromatic rings. The van der Waals surface area contributed by atoms with Gasteiger partial charge >= 0.3 is 0 Å². The number of carbonyl (C=O) groups is 1. The fraction of sp³-hybridized carbons (Fsp3) is 0.263. The van der Waals surface area contributed by atoms with Crippen LogP contribution in [-0.2, 0) is 27.6 Å². The summed E-state index contributed by atoms with van der Waals surface area (Å²) >= 11 is 1.65. The van der Waals surface area contributed by atoms with Crippen LogP contribution in [0.15, 0.2) is 65.2 Å². The molecule has 0 saturated carbocycles. The molecule has 1 aromatic heterocycles. The standard InChI is InChI=1S/C19H20N2O3S2/c1-25-18-4-2-15(3-5-18)12-19(22)21(13-16-6-9-20-10-7-16)17-8-11-26(23,24)14-17/h2-11,17H,12-14H2,1H3. The maximum Gasteiger partial charge on any atom is 0.227 e. The highest BCUT2D eigenvalue weighted by Gasteiger charge is 2.30. The number of rotatable bonds is 6. The Morgan fingerprint density at radius 1 is 1.15 bits per heavy atom. The van der Waals surface area contributed by atoms with E-state index < -0.39 is 15.9 Å². The van der Waals surface area contributed by atoms with Crippen LogP contribution in [0.25, 0.3) is 0 Å². The predicted octanol–water partition coefficient (Wildman–Crippen LogP) is 2.69. The molecule has 5 nitrogen and oxygen atoms in total. The zero-order valence-corrected chi connectivity index (χ0v) is 16.0. The van der Waals surface area contributed by atoms with Gasteiger partial charge < -0.3 is 4.90 Å². The first-order chi connectivity index (χ1) is 12.5. The molecule has 0 spiro atoms. The van der Waals surface area contributed by atoms with Gasteiger partial charge in [0.15, 0.2) is 9.84 Å². The number of pyridine rings is 1. The van der Waals surface area contributed by atoms with E-state index >= 15 is 0 Å². The average Bonchev–Trinajstić information content (AvgIpc) is 3.00. The highest BCUT2D eigenvalue weighted by Crippen LogP contribution is 2.20. The lowest BCUT2D eigenvalue weighted by Gasteiger charge is -2.28. The molecule has 1 amide bonds. The highest BCUT2D eigenvalue weighted by atomic mass is 32.2. The van der Waals surface area contributed by atoms with E-state index in [2.05, 4.69) is 4.98 Å². The van der Waals surface area contributed by atoms with E-state index in [9.17, 15) is 13.2 Å². The van der Waals surface area contributed by atoms with Gasteiger partial charge in [-0.05, 0) is 47.7 Å². The summed E-state index contributed by atoms with van der Waals surface area (Å²) in [7, 11) is -3.24. The Labute approximate surface area is 158 Å². The lowest BCUT2D eigenvalue weighted by molar-refractivity contribution is -0.132. The van der Waals surface area contributed by atoms with E-state index in [1.54, 1.807) is 35.1 Å². The second-order valence-corrected chi connectivity index (χ2v) is 8.94. The van der Waals surface area contributed by atoms with Gasteiger partial charge in [0.25, 0.3) is 0 Å². The molecule has 0 fully saturated rings. The number of benzene rings is 1. The van der Waals surface area contributed by atoms with Gasteiger partial charge in [-0.2, -0.15) is 0 Å². The van der Waals surface area contributed by atoms with E-state index in [1.807, 2.05) is 42.7 Å². The molecule has 26 heavy (non-hydrogen) atoms. The van der Waals surface area contributed by atoms with E-state index in [4.69, 9.17) is 0 Å². The number of amides is 1. The van der Waals surface area contributed by atoms with Crippen LogP contribution >= 0.6 is 11.8 Å². The van der Waals surface area contributed by atoms with Crippen molar-refractivity contribution >= 4 is 27.5 Å². The first-order valence-corrected chi connectivity index (χ1v) is 11.1. The third kappa shape index (κ3) is 4.74. The fourth-order valence-corrected chi connectivity index (χ4v) is 4.56. The van der Waals surface area contributed by atoms with Crippen molar-refractivity contribution in [2.45, 2.75) is 23.9 Å². The number of aromatic nitrogens is 1. The van der Waals surface area contributed by atoms with Crippen LogP contribution in [0.1, 0.15) is 11.1 Å². The zero-order chi connectivity index (χ0) is 18.6. The minimum atomic E-state index is -3.24. The van der Waals surface area contributed by atoms with Gasteiger partial charge in [0.05, 0.1) is 18.2 Å². The summed E-state index contributed by atoms with van der Waals surface area (Å²) in [5.74, 6) is -0.152. The summed E-state index contributed by atoms with van der Waals surface area (Å²) in [4.78, 5) is 19.7. The topological polar surface area (TPSA) is 67.3 Å². The largest absolute Gasteiger partial charge is 0.331 e. The SMILES string of the molecule is CSc1ccc(CC(=O)N(Cc2ccncc2)C2C=CS(=O)(=O)C2)cc1. The molecular weight excluding hydrogens is 368 g/mol. The summed E-state index contributed by atoms with van der Waals surface area (Å²) < 4.78 is 23.6. The smallest absolute Gasteiger partial charge is 0.227 e. The van der Waals surface area contributed by atoms with Gasteiger partial charge in [-0.15, -0.1) is 11.8 Å². The van der Waals surface area contributed by atoms with E-state index in [-0.39, 0.29) is 18.1 Å². The lowest BCUT2D eigenvalue weighted by atomic mass is 10.1. The normalized spacial score (nSPS) is 18.0. The van der Waals surface area contributed by atoms with Gasteiger partial charge in [-0.3, -0.25) is 9.78 Å². The Hall–Kier alpha value is -2.12. The van der Waals surface area contributed by atoms with Gasteiger partial charge in [-0.25, -0.2) is 8.42 Å². The minimum absolute atomic E-state index is 0.0603. The summed E-state index contributed by atoms with van der Waals surface area (Å²) in [5.41, 5.74) is 1.83. The van der Waals surface area contributed by atoms with Crippen molar-refractivity contribution < 1.29 is 13.2 Å². The minimum Gasteiger partial charge on any atom is -0.331 e. The molecule has 0 aliphatic carbocycles. The maximum absolute atomic E-state index is 12.9.